The molecule has 0 atom stereocenters. The largest absolute Gasteiger partial charge is 0.366 e. The number of primary amides is 1. The highest BCUT2D eigenvalue weighted by Crippen LogP contribution is 2.26. The van der Waals surface area contributed by atoms with Gasteiger partial charge in [0.2, 0.25) is 11.9 Å². The van der Waals surface area contributed by atoms with E-state index in [2.05, 4.69) is 36.1 Å². The van der Waals surface area contributed by atoms with Gasteiger partial charge in [0.15, 0.2) is 0 Å². The van der Waals surface area contributed by atoms with E-state index in [1.54, 1.807) is 12.1 Å². The summed E-state index contributed by atoms with van der Waals surface area (Å²) in [6, 6.07) is 5.13. The third-order valence-corrected chi connectivity index (χ3v) is 5.68. The highest BCUT2D eigenvalue weighted by molar-refractivity contribution is 7.14. The summed E-state index contributed by atoms with van der Waals surface area (Å²) in [4.78, 5) is 33.8. The van der Waals surface area contributed by atoms with E-state index in [0.29, 0.717) is 28.5 Å². The lowest BCUT2D eigenvalue weighted by molar-refractivity contribution is 0.0997. The Bertz CT molecular complexity index is 1020. The highest BCUT2D eigenvalue weighted by atomic mass is 32.1. The predicted molar refractivity (Wildman–Crippen MR) is 107 cm³/mol. The normalized spacial score (nSPS) is 11.3. The van der Waals surface area contributed by atoms with Crippen LogP contribution in [-0.4, -0.2) is 26.3 Å². The molecule has 3 rings (SSSR count). The first-order valence-electron chi connectivity index (χ1n) is 8.90. The molecule has 0 saturated heterocycles. The number of nitrogens with one attached hydrogen (secondary N) is 1. The van der Waals surface area contributed by atoms with E-state index in [0.717, 1.165) is 22.6 Å². The average molecular weight is 385 g/mol. The van der Waals surface area contributed by atoms with Crippen molar-refractivity contribution in [2.24, 2.45) is 5.73 Å². The van der Waals surface area contributed by atoms with E-state index >= 15 is 0 Å². The van der Waals surface area contributed by atoms with E-state index in [9.17, 15) is 9.59 Å². The fourth-order valence-electron chi connectivity index (χ4n) is 2.86. The smallest absolute Gasteiger partial charge is 0.269 e. The Morgan fingerprint density at radius 3 is 2.63 bits per heavy atom. The maximum Gasteiger partial charge on any atom is 0.269 e. The zero-order valence-corrected chi connectivity index (χ0v) is 16.7. The van der Waals surface area contributed by atoms with Crippen LogP contribution in [0, 0.1) is 6.92 Å². The third-order valence-electron chi connectivity index (χ3n) is 4.22. The molecule has 0 spiro atoms. The van der Waals surface area contributed by atoms with Gasteiger partial charge in [-0.2, -0.15) is 0 Å². The van der Waals surface area contributed by atoms with Crippen LogP contribution in [0.5, 0.6) is 0 Å². The van der Waals surface area contributed by atoms with Crippen molar-refractivity contribution in [1.29, 1.82) is 0 Å². The number of nitrogens with zero attached hydrogens (tertiary/aromatic N) is 3. The van der Waals surface area contributed by atoms with Gasteiger partial charge in [0.1, 0.15) is 4.88 Å². The van der Waals surface area contributed by atoms with Gasteiger partial charge >= 0.3 is 0 Å². The van der Waals surface area contributed by atoms with E-state index in [1.807, 2.05) is 17.6 Å². The Kier molecular flexibility index (Phi) is 5.27. The van der Waals surface area contributed by atoms with Gasteiger partial charge in [-0.1, -0.05) is 20.8 Å². The van der Waals surface area contributed by atoms with Gasteiger partial charge < -0.3 is 10.3 Å². The van der Waals surface area contributed by atoms with Crippen molar-refractivity contribution < 1.29 is 9.59 Å². The molecule has 2 aromatic heterocycles. The quantitative estimate of drug-likeness (QED) is 0.675. The summed E-state index contributed by atoms with van der Waals surface area (Å²) < 4.78 is 1.94. The highest BCUT2D eigenvalue weighted by Gasteiger charge is 2.20. The molecule has 7 nitrogen and oxygen atoms in total. The van der Waals surface area contributed by atoms with Crippen LogP contribution in [0.15, 0.2) is 18.2 Å². The van der Waals surface area contributed by atoms with Crippen molar-refractivity contribution >= 4 is 40.1 Å². The molecule has 0 aliphatic carbocycles. The lowest BCUT2D eigenvalue weighted by Gasteiger charge is -2.08. The monoisotopic (exact) mass is 385 g/mol. The number of anilines is 1. The number of imidazole rings is 1. The topological polar surface area (TPSA) is 103 Å². The standard InChI is InChI=1S/C19H23N5O2S/c1-5-8-24-14-7-6-12(16(20)25)9-13(14)22-19(24)23-17(26)15-11(4)21-18(27-15)10(2)3/h6-7,9-10H,5,8H2,1-4H3,(H2,20,25)(H,22,23,26). The van der Waals surface area contributed by atoms with Crippen molar-refractivity contribution in [2.45, 2.75) is 46.6 Å². The van der Waals surface area contributed by atoms with Crippen LogP contribution in [0.2, 0.25) is 0 Å². The number of rotatable bonds is 6. The third kappa shape index (κ3) is 3.71. The van der Waals surface area contributed by atoms with Gasteiger partial charge in [-0.15, -0.1) is 11.3 Å². The number of aromatic nitrogens is 3. The second kappa shape index (κ2) is 7.48. The van der Waals surface area contributed by atoms with Crippen LogP contribution in [0.1, 0.15) is 63.8 Å². The number of aryl methyl sites for hydroxylation is 2. The number of benzene rings is 1. The van der Waals surface area contributed by atoms with Gasteiger partial charge in [0, 0.05) is 18.0 Å². The van der Waals surface area contributed by atoms with Crippen LogP contribution in [0.3, 0.4) is 0 Å². The molecule has 2 heterocycles. The van der Waals surface area contributed by atoms with E-state index in [1.165, 1.54) is 11.3 Å². The Balaban J connectivity index is 1.99. The van der Waals surface area contributed by atoms with Gasteiger partial charge in [0.05, 0.1) is 21.7 Å². The summed E-state index contributed by atoms with van der Waals surface area (Å²) >= 11 is 1.41. The van der Waals surface area contributed by atoms with Crippen molar-refractivity contribution in [2.75, 3.05) is 5.32 Å². The molecule has 0 aliphatic rings. The first-order valence-corrected chi connectivity index (χ1v) is 9.72. The summed E-state index contributed by atoms with van der Waals surface area (Å²) in [5.74, 6) is -0.00165. The minimum atomic E-state index is -0.506. The Labute approximate surface area is 161 Å². The molecule has 2 amide bonds. The zero-order chi connectivity index (χ0) is 19.7. The van der Waals surface area contributed by atoms with Gasteiger partial charge in [-0.25, -0.2) is 9.97 Å². The molecule has 0 unspecified atom stereocenters. The predicted octanol–water partition coefficient (Wildman–Crippen LogP) is 3.69. The van der Waals surface area contributed by atoms with Crippen molar-refractivity contribution in [3.05, 3.63) is 39.3 Å². The Hall–Kier alpha value is -2.74. The molecule has 0 radical (unpaired) electrons. The van der Waals surface area contributed by atoms with E-state index < -0.39 is 5.91 Å². The first kappa shape index (κ1) is 19.0. The van der Waals surface area contributed by atoms with Gasteiger partial charge in [0.25, 0.3) is 5.91 Å². The molecular weight excluding hydrogens is 362 g/mol. The van der Waals surface area contributed by atoms with Gasteiger partial charge in [-0.05, 0) is 31.5 Å². The number of fused-ring (bicyclic) bond motifs is 1. The first-order chi connectivity index (χ1) is 12.8. The number of hydrogen-bond acceptors (Lipinski definition) is 5. The molecule has 0 aliphatic heterocycles. The number of thiazole rings is 1. The number of carbonyl (C=O) groups is 2. The summed E-state index contributed by atoms with van der Waals surface area (Å²) in [5.41, 5.74) is 7.94. The number of hydrogen-bond donors (Lipinski definition) is 2. The summed E-state index contributed by atoms with van der Waals surface area (Å²) in [6.45, 7) is 8.69. The summed E-state index contributed by atoms with van der Waals surface area (Å²) in [6.07, 6.45) is 0.878. The maximum absolute atomic E-state index is 12.8. The fraction of sp³-hybridized carbons (Fsp3) is 0.368. The molecule has 3 N–H and O–H groups in total. The van der Waals surface area contributed by atoms with E-state index in [4.69, 9.17) is 5.73 Å². The minimum absolute atomic E-state index is 0.223. The Morgan fingerprint density at radius 1 is 1.30 bits per heavy atom. The van der Waals surface area contributed by atoms with Crippen LogP contribution in [0.4, 0.5) is 5.95 Å². The summed E-state index contributed by atoms with van der Waals surface area (Å²) in [5, 5.41) is 3.85. The second-order valence-corrected chi connectivity index (χ2v) is 7.76. The van der Waals surface area contributed by atoms with Crippen molar-refractivity contribution in [3.8, 4) is 0 Å². The molecule has 142 valence electrons. The van der Waals surface area contributed by atoms with Crippen LogP contribution >= 0.6 is 11.3 Å². The lowest BCUT2D eigenvalue weighted by atomic mass is 10.2. The van der Waals surface area contributed by atoms with Crippen molar-refractivity contribution in [1.82, 2.24) is 14.5 Å². The molecule has 0 bridgehead atoms. The molecule has 3 aromatic rings. The van der Waals surface area contributed by atoms with Crippen LogP contribution < -0.4 is 11.1 Å². The molecule has 1 aromatic carbocycles. The molecular formula is C19H23N5O2S. The van der Waals surface area contributed by atoms with Crippen molar-refractivity contribution in [3.63, 3.8) is 0 Å². The zero-order valence-electron chi connectivity index (χ0n) is 15.9. The molecule has 0 saturated carbocycles. The lowest BCUT2D eigenvalue weighted by Crippen LogP contribution is -2.16. The SMILES string of the molecule is CCCn1c(NC(=O)c2sc(C(C)C)nc2C)nc2cc(C(N)=O)ccc21. The molecule has 0 fully saturated rings. The molecule has 8 heteroatoms. The minimum Gasteiger partial charge on any atom is -0.366 e. The maximum atomic E-state index is 12.8. The summed E-state index contributed by atoms with van der Waals surface area (Å²) in [7, 11) is 0. The number of nitrogens with two attached hydrogens (primary N) is 1. The molecule has 27 heavy (non-hydrogen) atoms. The fourth-order valence-corrected chi connectivity index (χ4v) is 3.83. The number of amides is 2. The van der Waals surface area contributed by atoms with E-state index in [-0.39, 0.29) is 11.8 Å². The van der Waals surface area contributed by atoms with Crippen LogP contribution in [0.25, 0.3) is 11.0 Å². The van der Waals surface area contributed by atoms with Crippen LogP contribution in [-0.2, 0) is 6.54 Å². The van der Waals surface area contributed by atoms with Gasteiger partial charge in [-0.3, -0.25) is 14.9 Å². The number of carbonyl (C=O) groups excluding carboxylic acids is 2. The average Bonchev–Trinajstić information content (AvgIpc) is 3.16. The Morgan fingerprint density at radius 2 is 2.04 bits per heavy atom. The second-order valence-electron chi connectivity index (χ2n) is 6.73.